The van der Waals surface area contributed by atoms with E-state index in [1.165, 1.54) is 13.8 Å². The molecule has 1 unspecified atom stereocenters. The summed E-state index contributed by atoms with van der Waals surface area (Å²) >= 11 is 0. The Kier molecular flexibility index (Phi) is 3.66. The van der Waals surface area contributed by atoms with Crippen LogP contribution in [0.4, 0.5) is 9.18 Å². The normalized spacial score (nSPS) is 13.3. The number of amides is 1. The molecule has 0 aliphatic rings. The summed E-state index contributed by atoms with van der Waals surface area (Å²) in [7, 11) is 1.14. The lowest BCUT2D eigenvalue weighted by atomic mass is 10.0. The van der Waals surface area contributed by atoms with Crippen molar-refractivity contribution in [1.29, 1.82) is 0 Å². The average Bonchev–Trinajstić information content (AvgIpc) is 1.97. The van der Waals surface area contributed by atoms with Crippen molar-refractivity contribution >= 4 is 12.4 Å². The lowest BCUT2D eigenvalue weighted by molar-refractivity contribution is -0.112. The Morgan fingerprint density at radius 2 is 2.17 bits per heavy atom. The molecule has 70 valence electrons. The second kappa shape index (κ2) is 4.04. The zero-order valence-corrected chi connectivity index (χ0v) is 7.26. The molecule has 12 heavy (non-hydrogen) atoms. The monoisotopic (exact) mass is 177 g/mol. The highest BCUT2D eigenvalue weighted by Gasteiger charge is 2.30. The van der Waals surface area contributed by atoms with Gasteiger partial charge in [-0.2, -0.15) is 0 Å². The molecule has 5 heteroatoms. The van der Waals surface area contributed by atoms with Gasteiger partial charge < -0.3 is 14.8 Å². The number of alkyl halides is 1. The minimum absolute atomic E-state index is 0.330. The second-order valence-electron chi connectivity index (χ2n) is 2.81. The number of hydrogen-bond acceptors (Lipinski definition) is 3. The molecule has 0 bridgehead atoms. The first-order valence-electron chi connectivity index (χ1n) is 3.40. The number of carbonyl (C=O) groups is 2. The number of hydrogen-bond donors (Lipinski definition) is 1. The summed E-state index contributed by atoms with van der Waals surface area (Å²) in [5.41, 5.74) is -1.78. The highest BCUT2D eigenvalue weighted by molar-refractivity contribution is 5.73. The van der Waals surface area contributed by atoms with Crippen LogP contribution in [0.5, 0.6) is 0 Å². The van der Waals surface area contributed by atoms with Crippen molar-refractivity contribution in [2.75, 3.05) is 7.11 Å². The van der Waals surface area contributed by atoms with E-state index in [0.29, 0.717) is 6.29 Å². The van der Waals surface area contributed by atoms with Crippen LogP contribution in [0.2, 0.25) is 0 Å². The molecule has 0 aliphatic carbocycles. The SMILES string of the molecule is COC(=O)NC(C=O)C(C)(C)F. The van der Waals surface area contributed by atoms with Gasteiger partial charge in [-0.25, -0.2) is 9.18 Å². The number of rotatable bonds is 3. The Morgan fingerprint density at radius 3 is 2.42 bits per heavy atom. The van der Waals surface area contributed by atoms with Gasteiger partial charge in [-0.3, -0.25) is 0 Å². The van der Waals surface area contributed by atoms with E-state index in [1.54, 1.807) is 0 Å². The maximum absolute atomic E-state index is 13.0. The Labute approximate surface area is 70.1 Å². The van der Waals surface area contributed by atoms with Crippen LogP contribution in [0.25, 0.3) is 0 Å². The van der Waals surface area contributed by atoms with Crippen LogP contribution in [0.15, 0.2) is 0 Å². The van der Waals surface area contributed by atoms with E-state index in [0.717, 1.165) is 7.11 Å². The van der Waals surface area contributed by atoms with Gasteiger partial charge in [0.1, 0.15) is 18.0 Å². The molecule has 0 spiro atoms. The number of methoxy groups -OCH3 is 1. The van der Waals surface area contributed by atoms with Crippen LogP contribution in [0.3, 0.4) is 0 Å². The fourth-order valence-electron chi connectivity index (χ4n) is 0.553. The van der Waals surface area contributed by atoms with Crippen LogP contribution < -0.4 is 5.32 Å². The van der Waals surface area contributed by atoms with Crippen LogP contribution in [-0.2, 0) is 9.53 Å². The number of carbonyl (C=O) groups excluding carboxylic acids is 2. The summed E-state index contributed by atoms with van der Waals surface area (Å²) in [5.74, 6) is 0. The molecule has 1 atom stereocenters. The molecule has 0 rings (SSSR count). The maximum atomic E-state index is 13.0. The fourth-order valence-corrected chi connectivity index (χ4v) is 0.553. The molecular formula is C7H12FNO3. The van der Waals surface area contributed by atoms with E-state index in [9.17, 15) is 14.0 Å². The molecule has 0 radical (unpaired) electrons. The van der Waals surface area contributed by atoms with Gasteiger partial charge in [0.2, 0.25) is 0 Å². The van der Waals surface area contributed by atoms with Gasteiger partial charge in [0.25, 0.3) is 0 Å². The second-order valence-corrected chi connectivity index (χ2v) is 2.81. The molecule has 0 aliphatic heterocycles. The summed E-state index contributed by atoms with van der Waals surface area (Å²) in [6.07, 6.45) is -0.491. The standard InChI is InChI=1S/C7H12FNO3/c1-7(2,8)5(4-10)9-6(11)12-3/h4-5H,1-3H3,(H,9,11). The van der Waals surface area contributed by atoms with Crippen molar-refractivity contribution in [3.8, 4) is 0 Å². The van der Waals surface area contributed by atoms with Crippen LogP contribution in [0, 0.1) is 0 Å². The first-order chi connectivity index (χ1) is 5.41. The number of alkyl carbamates (subject to hydrolysis) is 1. The van der Waals surface area contributed by atoms with Crippen molar-refractivity contribution in [2.45, 2.75) is 25.6 Å². The number of aldehydes is 1. The molecule has 1 amide bonds. The van der Waals surface area contributed by atoms with Gasteiger partial charge >= 0.3 is 6.09 Å². The van der Waals surface area contributed by atoms with Gasteiger partial charge in [-0.05, 0) is 13.8 Å². The van der Waals surface area contributed by atoms with E-state index in [4.69, 9.17) is 0 Å². The van der Waals surface area contributed by atoms with Crippen LogP contribution in [0.1, 0.15) is 13.8 Å². The summed E-state index contributed by atoms with van der Waals surface area (Å²) in [5, 5.41) is 2.05. The molecule has 1 N–H and O–H groups in total. The molecule has 0 fully saturated rings. The van der Waals surface area contributed by atoms with Crippen molar-refractivity contribution < 1.29 is 18.7 Å². The molecule has 0 saturated carbocycles. The van der Waals surface area contributed by atoms with E-state index >= 15 is 0 Å². The van der Waals surface area contributed by atoms with Gasteiger partial charge in [-0.1, -0.05) is 0 Å². The third kappa shape index (κ3) is 3.32. The molecule has 0 aromatic heterocycles. The van der Waals surface area contributed by atoms with Gasteiger partial charge in [0, 0.05) is 0 Å². The quantitative estimate of drug-likeness (QED) is 0.644. The lowest BCUT2D eigenvalue weighted by Crippen LogP contribution is -2.47. The third-order valence-electron chi connectivity index (χ3n) is 1.33. The zero-order chi connectivity index (χ0) is 9.78. The van der Waals surface area contributed by atoms with Crippen molar-refractivity contribution in [3.05, 3.63) is 0 Å². The summed E-state index contributed by atoms with van der Waals surface area (Å²) in [6, 6.07) is -1.18. The van der Waals surface area contributed by atoms with Crippen molar-refractivity contribution in [1.82, 2.24) is 5.32 Å². The van der Waals surface area contributed by atoms with E-state index in [1.807, 2.05) is 0 Å². The van der Waals surface area contributed by atoms with E-state index in [-0.39, 0.29) is 0 Å². The highest BCUT2D eigenvalue weighted by atomic mass is 19.1. The number of ether oxygens (including phenoxy) is 1. The maximum Gasteiger partial charge on any atom is 0.407 e. The van der Waals surface area contributed by atoms with Gasteiger partial charge in [-0.15, -0.1) is 0 Å². The number of halogens is 1. The summed E-state index contributed by atoms with van der Waals surface area (Å²) < 4.78 is 17.3. The van der Waals surface area contributed by atoms with Crippen LogP contribution >= 0.6 is 0 Å². The Morgan fingerprint density at radius 1 is 1.67 bits per heavy atom. The van der Waals surface area contributed by atoms with Crippen molar-refractivity contribution in [2.24, 2.45) is 0 Å². The largest absolute Gasteiger partial charge is 0.453 e. The predicted molar refractivity (Wildman–Crippen MR) is 40.6 cm³/mol. The fraction of sp³-hybridized carbons (Fsp3) is 0.714. The highest BCUT2D eigenvalue weighted by Crippen LogP contribution is 2.12. The average molecular weight is 177 g/mol. The molecule has 0 heterocycles. The first kappa shape index (κ1) is 10.9. The zero-order valence-electron chi connectivity index (χ0n) is 7.26. The minimum atomic E-state index is -1.78. The Bertz CT molecular complexity index is 176. The van der Waals surface area contributed by atoms with Gasteiger partial charge in [0.05, 0.1) is 7.11 Å². The molecule has 0 aromatic rings. The van der Waals surface area contributed by atoms with E-state index < -0.39 is 17.8 Å². The summed E-state index contributed by atoms with van der Waals surface area (Å²) in [4.78, 5) is 20.9. The lowest BCUT2D eigenvalue weighted by Gasteiger charge is -2.21. The van der Waals surface area contributed by atoms with Crippen LogP contribution in [-0.4, -0.2) is 31.2 Å². The number of nitrogens with one attached hydrogen (secondary N) is 1. The molecule has 0 aromatic carbocycles. The van der Waals surface area contributed by atoms with E-state index in [2.05, 4.69) is 10.1 Å². The molecule has 0 saturated heterocycles. The predicted octanol–water partition coefficient (Wildman–Crippen LogP) is 0.658. The molecular weight excluding hydrogens is 165 g/mol. The summed E-state index contributed by atoms with van der Waals surface area (Å²) in [6.45, 7) is 2.39. The topological polar surface area (TPSA) is 55.4 Å². The third-order valence-corrected chi connectivity index (χ3v) is 1.33. The first-order valence-corrected chi connectivity index (χ1v) is 3.40. The smallest absolute Gasteiger partial charge is 0.407 e. The minimum Gasteiger partial charge on any atom is -0.453 e. The Balaban J connectivity index is 4.19. The van der Waals surface area contributed by atoms with Crippen molar-refractivity contribution in [3.63, 3.8) is 0 Å². The Hall–Kier alpha value is -1.13. The molecule has 4 nitrogen and oxygen atoms in total. The van der Waals surface area contributed by atoms with Gasteiger partial charge in [0.15, 0.2) is 0 Å².